The molecule has 2 atom stereocenters. The Labute approximate surface area is 114 Å². The molecule has 0 aliphatic heterocycles. The molecule has 2 unspecified atom stereocenters. The monoisotopic (exact) mass is 295 g/mol. The first-order chi connectivity index (χ1) is 7.70. The minimum absolute atomic E-state index is 0. The fraction of sp³-hybridized carbons (Fsp3) is 0.500. The molecule has 0 radical (unpaired) electrons. The van der Waals surface area contributed by atoms with Crippen molar-refractivity contribution in [3.63, 3.8) is 0 Å². The van der Waals surface area contributed by atoms with Crippen molar-refractivity contribution in [2.24, 2.45) is 5.73 Å². The summed E-state index contributed by atoms with van der Waals surface area (Å²) in [6.07, 6.45) is -0.392. The standard InChI is InChI=1S/C12H19F2NOSi.ClH/c1-8(15)12(16-17(2,3)4)9-5-6-10(13)11(14)7-9;/h5-8,12H,15H2,1-4H3;1H. The van der Waals surface area contributed by atoms with Gasteiger partial charge in [0.2, 0.25) is 0 Å². The molecule has 0 aliphatic rings. The smallest absolute Gasteiger partial charge is 0.184 e. The molecule has 104 valence electrons. The summed E-state index contributed by atoms with van der Waals surface area (Å²) in [4.78, 5) is 0. The molecule has 1 aromatic rings. The van der Waals surface area contributed by atoms with E-state index < -0.39 is 26.1 Å². The van der Waals surface area contributed by atoms with E-state index in [0.717, 1.165) is 12.1 Å². The molecule has 1 rings (SSSR count). The van der Waals surface area contributed by atoms with Crippen molar-refractivity contribution in [2.75, 3.05) is 0 Å². The van der Waals surface area contributed by atoms with Crippen LogP contribution in [0, 0.1) is 11.6 Å². The summed E-state index contributed by atoms with van der Waals surface area (Å²) in [5.41, 5.74) is 6.43. The van der Waals surface area contributed by atoms with Gasteiger partial charge in [-0.1, -0.05) is 6.07 Å². The maximum Gasteiger partial charge on any atom is 0.184 e. The highest BCUT2D eigenvalue weighted by atomic mass is 35.5. The Morgan fingerprint density at radius 1 is 1.17 bits per heavy atom. The van der Waals surface area contributed by atoms with E-state index in [2.05, 4.69) is 0 Å². The summed E-state index contributed by atoms with van der Waals surface area (Å²) in [5.74, 6) is -1.72. The molecular formula is C12H20ClF2NOSi. The minimum atomic E-state index is -1.79. The first kappa shape index (κ1) is 17.5. The third-order valence-corrected chi connectivity index (χ3v) is 3.19. The van der Waals surface area contributed by atoms with Crippen molar-refractivity contribution in [3.8, 4) is 0 Å². The van der Waals surface area contributed by atoms with Crippen LogP contribution in [0.25, 0.3) is 0 Å². The lowest BCUT2D eigenvalue weighted by Crippen LogP contribution is -2.36. The van der Waals surface area contributed by atoms with Crippen LogP contribution in [0.4, 0.5) is 8.78 Å². The number of halogens is 3. The van der Waals surface area contributed by atoms with E-state index in [0.29, 0.717) is 5.56 Å². The Morgan fingerprint density at radius 3 is 2.11 bits per heavy atom. The molecule has 0 heterocycles. The molecule has 1 aromatic carbocycles. The van der Waals surface area contributed by atoms with Crippen LogP contribution in [0.5, 0.6) is 0 Å². The van der Waals surface area contributed by atoms with Gasteiger partial charge in [0.1, 0.15) is 0 Å². The van der Waals surface area contributed by atoms with E-state index in [4.69, 9.17) is 10.2 Å². The van der Waals surface area contributed by atoms with E-state index in [1.165, 1.54) is 6.07 Å². The second-order valence-electron chi connectivity index (χ2n) is 5.18. The maximum absolute atomic E-state index is 13.2. The summed E-state index contributed by atoms with van der Waals surface area (Å²) >= 11 is 0. The summed E-state index contributed by atoms with van der Waals surface area (Å²) < 4.78 is 31.9. The lowest BCUT2D eigenvalue weighted by Gasteiger charge is -2.29. The van der Waals surface area contributed by atoms with Gasteiger partial charge >= 0.3 is 0 Å². The molecule has 6 heteroatoms. The molecule has 18 heavy (non-hydrogen) atoms. The molecule has 0 fully saturated rings. The van der Waals surface area contributed by atoms with Crippen LogP contribution in [0.15, 0.2) is 18.2 Å². The zero-order valence-electron chi connectivity index (χ0n) is 11.0. The first-order valence-corrected chi connectivity index (χ1v) is 9.00. The second kappa shape index (κ2) is 6.61. The van der Waals surface area contributed by atoms with Crippen LogP contribution in [0.3, 0.4) is 0 Å². The highest BCUT2D eigenvalue weighted by Crippen LogP contribution is 2.25. The topological polar surface area (TPSA) is 35.2 Å². The molecular weight excluding hydrogens is 276 g/mol. The van der Waals surface area contributed by atoms with Crippen molar-refractivity contribution < 1.29 is 13.2 Å². The van der Waals surface area contributed by atoms with Crippen molar-refractivity contribution in [1.82, 2.24) is 0 Å². The minimum Gasteiger partial charge on any atom is -0.409 e. The van der Waals surface area contributed by atoms with E-state index in [1.807, 2.05) is 19.6 Å². The first-order valence-electron chi connectivity index (χ1n) is 5.59. The number of hydrogen-bond acceptors (Lipinski definition) is 2. The number of nitrogens with two attached hydrogens (primary N) is 1. The van der Waals surface area contributed by atoms with Gasteiger partial charge in [0, 0.05) is 6.04 Å². The van der Waals surface area contributed by atoms with Gasteiger partial charge in [0.25, 0.3) is 0 Å². The van der Waals surface area contributed by atoms with Gasteiger partial charge in [-0.3, -0.25) is 0 Å². The van der Waals surface area contributed by atoms with Gasteiger partial charge in [-0.2, -0.15) is 0 Å². The third kappa shape index (κ3) is 5.02. The summed E-state index contributed by atoms with van der Waals surface area (Å²) in [6, 6.07) is 3.51. The molecule has 2 nitrogen and oxygen atoms in total. The number of benzene rings is 1. The Morgan fingerprint density at radius 2 is 1.72 bits per heavy atom. The average Bonchev–Trinajstić information content (AvgIpc) is 2.17. The molecule has 2 N–H and O–H groups in total. The highest BCUT2D eigenvalue weighted by Gasteiger charge is 2.25. The SMILES string of the molecule is CC(N)C(O[Si](C)(C)C)c1ccc(F)c(F)c1.Cl. The lowest BCUT2D eigenvalue weighted by atomic mass is 10.0. The van der Waals surface area contributed by atoms with Crippen molar-refractivity contribution >= 4 is 20.7 Å². The normalized spacial score (nSPS) is 14.8. The Hall–Kier alpha value is -0.493. The summed E-state index contributed by atoms with van der Waals surface area (Å²) in [7, 11) is -1.79. The molecule has 0 spiro atoms. The zero-order valence-corrected chi connectivity index (χ0v) is 12.9. The van der Waals surface area contributed by atoms with Gasteiger partial charge in [-0.05, 0) is 44.3 Å². The summed E-state index contributed by atoms with van der Waals surface area (Å²) in [6.45, 7) is 7.89. The van der Waals surface area contributed by atoms with Gasteiger partial charge in [0.05, 0.1) is 6.10 Å². The predicted octanol–water partition coefficient (Wildman–Crippen LogP) is 3.63. The van der Waals surface area contributed by atoms with Gasteiger partial charge in [-0.25, -0.2) is 8.78 Å². The molecule has 0 amide bonds. The molecule has 0 aliphatic carbocycles. The largest absolute Gasteiger partial charge is 0.409 e. The fourth-order valence-electron chi connectivity index (χ4n) is 1.55. The van der Waals surface area contributed by atoms with E-state index in [-0.39, 0.29) is 18.4 Å². The van der Waals surface area contributed by atoms with E-state index >= 15 is 0 Å². The lowest BCUT2D eigenvalue weighted by molar-refractivity contribution is 0.172. The van der Waals surface area contributed by atoms with Crippen molar-refractivity contribution in [3.05, 3.63) is 35.4 Å². The fourth-order valence-corrected chi connectivity index (χ4v) is 2.66. The predicted molar refractivity (Wildman–Crippen MR) is 74.4 cm³/mol. The van der Waals surface area contributed by atoms with Gasteiger partial charge in [-0.15, -0.1) is 12.4 Å². The van der Waals surface area contributed by atoms with Crippen LogP contribution in [-0.4, -0.2) is 14.4 Å². The van der Waals surface area contributed by atoms with Crippen LogP contribution in [-0.2, 0) is 4.43 Å². The molecule has 0 aromatic heterocycles. The number of rotatable bonds is 4. The molecule has 0 bridgehead atoms. The van der Waals surface area contributed by atoms with Crippen molar-refractivity contribution in [2.45, 2.75) is 38.7 Å². The third-order valence-electron chi connectivity index (χ3n) is 2.23. The van der Waals surface area contributed by atoms with Gasteiger partial charge in [0.15, 0.2) is 20.0 Å². The second-order valence-corrected chi connectivity index (χ2v) is 9.64. The molecule has 0 saturated heterocycles. The van der Waals surface area contributed by atoms with Crippen molar-refractivity contribution in [1.29, 1.82) is 0 Å². The van der Waals surface area contributed by atoms with Crippen LogP contribution in [0.2, 0.25) is 19.6 Å². The Balaban J connectivity index is 0.00000289. The Bertz CT molecular complexity index is 396. The average molecular weight is 296 g/mol. The van der Waals surface area contributed by atoms with Crippen LogP contribution >= 0.6 is 12.4 Å². The quantitative estimate of drug-likeness (QED) is 0.861. The summed E-state index contributed by atoms with van der Waals surface area (Å²) in [5, 5.41) is 0. The van der Waals surface area contributed by atoms with E-state index in [9.17, 15) is 8.78 Å². The Kier molecular flexibility index (Phi) is 6.43. The number of hydrogen-bond donors (Lipinski definition) is 1. The molecule has 0 saturated carbocycles. The maximum atomic E-state index is 13.2. The van der Waals surface area contributed by atoms with Crippen LogP contribution < -0.4 is 5.73 Å². The zero-order chi connectivity index (χ0) is 13.2. The van der Waals surface area contributed by atoms with E-state index in [1.54, 1.807) is 6.92 Å². The van der Waals surface area contributed by atoms with Gasteiger partial charge < -0.3 is 10.2 Å². The van der Waals surface area contributed by atoms with Crippen LogP contribution in [0.1, 0.15) is 18.6 Å². The highest BCUT2D eigenvalue weighted by molar-refractivity contribution is 6.69.